The maximum absolute atomic E-state index is 12.2. The highest BCUT2D eigenvalue weighted by Crippen LogP contribution is 2.49. The number of fused-ring (bicyclic) bond motifs is 1. The number of carbonyl (C=O) groups is 1. The van der Waals surface area contributed by atoms with Crippen molar-refractivity contribution < 1.29 is 14.3 Å². The monoisotopic (exact) mass is 309 g/mol. The summed E-state index contributed by atoms with van der Waals surface area (Å²) in [6, 6.07) is 15.5. The van der Waals surface area contributed by atoms with Gasteiger partial charge in [-0.25, -0.2) is 0 Å². The number of amides is 1. The fourth-order valence-electron chi connectivity index (χ4n) is 3.03. The van der Waals surface area contributed by atoms with E-state index >= 15 is 0 Å². The van der Waals surface area contributed by atoms with Crippen LogP contribution >= 0.6 is 0 Å². The summed E-state index contributed by atoms with van der Waals surface area (Å²) >= 11 is 0. The second kappa shape index (κ2) is 5.61. The van der Waals surface area contributed by atoms with E-state index in [1.807, 2.05) is 36.4 Å². The van der Waals surface area contributed by atoms with Gasteiger partial charge in [0.15, 0.2) is 11.5 Å². The second-order valence-corrected chi connectivity index (χ2v) is 6.19. The number of hydrogen-bond acceptors (Lipinski definition) is 3. The van der Waals surface area contributed by atoms with E-state index in [9.17, 15) is 4.79 Å². The highest BCUT2D eigenvalue weighted by molar-refractivity contribution is 5.94. The van der Waals surface area contributed by atoms with Crippen molar-refractivity contribution in [1.29, 1.82) is 0 Å². The third kappa shape index (κ3) is 2.77. The average Bonchev–Trinajstić information content (AvgIpc) is 3.41. The van der Waals surface area contributed by atoms with E-state index in [1.54, 1.807) is 0 Å². The first-order valence-electron chi connectivity index (χ1n) is 8.00. The summed E-state index contributed by atoms with van der Waals surface area (Å²) in [4.78, 5) is 12.2. The SMILES string of the molecule is O=C(NCC1(c2ccc3c(c2)OCCO3)CC1)c1ccccc1. The molecule has 4 heteroatoms. The van der Waals surface area contributed by atoms with Crippen molar-refractivity contribution in [3.8, 4) is 11.5 Å². The molecule has 2 aromatic rings. The van der Waals surface area contributed by atoms with Crippen molar-refractivity contribution in [3.05, 3.63) is 59.7 Å². The zero-order valence-electron chi connectivity index (χ0n) is 12.9. The molecule has 0 atom stereocenters. The minimum Gasteiger partial charge on any atom is -0.486 e. The van der Waals surface area contributed by atoms with Gasteiger partial charge in [-0.15, -0.1) is 0 Å². The fraction of sp³-hybridized carbons (Fsp3) is 0.316. The quantitative estimate of drug-likeness (QED) is 0.944. The number of ether oxygens (including phenoxy) is 2. The Morgan fingerprint density at radius 3 is 2.48 bits per heavy atom. The van der Waals surface area contributed by atoms with E-state index in [0.717, 1.165) is 24.3 Å². The third-order valence-corrected chi connectivity index (χ3v) is 4.63. The van der Waals surface area contributed by atoms with E-state index in [2.05, 4.69) is 17.4 Å². The smallest absolute Gasteiger partial charge is 0.251 e. The fourth-order valence-corrected chi connectivity index (χ4v) is 3.03. The van der Waals surface area contributed by atoms with Crippen molar-refractivity contribution in [3.63, 3.8) is 0 Å². The molecule has 2 aromatic carbocycles. The molecule has 0 spiro atoms. The van der Waals surface area contributed by atoms with Crippen LogP contribution in [0.3, 0.4) is 0 Å². The molecule has 4 nitrogen and oxygen atoms in total. The molecule has 0 bridgehead atoms. The molecule has 1 fully saturated rings. The van der Waals surface area contributed by atoms with Crippen molar-refractivity contribution in [2.45, 2.75) is 18.3 Å². The molecule has 118 valence electrons. The molecule has 0 unspecified atom stereocenters. The van der Waals surface area contributed by atoms with E-state index < -0.39 is 0 Å². The van der Waals surface area contributed by atoms with Crippen LogP contribution < -0.4 is 14.8 Å². The molecule has 0 aromatic heterocycles. The zero-order valence-corrected chi connectivity index (χ0v) is 12.9. The minimum atomic E-state index is -0.0191. The van der Waals surface area contributed by atoms with Crippen molar-refractivity contribution in [1.82, 2.24) is 5.32 Å². The van der Waals surface area contributed by atoms with Crippen molar-refractivity contribution in [2.75, 3.05) is 19.8 Å². The van der Waals surface area contributed by atoms with Gasteiger partial charge >= 0.3 is 0 Å². The first-order valence-corrected chi connectivity index (χ1v) is 8.00. The van der Waals surface area contributed by atoms with Gasteiger partial charge in [-0.05, 0) is 42.7 Å². The topological polar surface area (TPSA) is 47.6 Å². The third-order valence-electron chi connectivity index (χ3n) is 4.63. The van der Waals surface area contributed by atoms with E-state index in [4.69, 9.17) is 9.47 Å². The van der Waals surface area contributed by atoms with Gasteiger partial charge in [-0.3, -0.25) is 4.79 Å². The van der Waals surface area contributed by atoms with Crippen LogP contribution in [0.1, 0.15) is 28.8 Å². The van der Waals surface area contributed by atoms with E-state index in [0.29, 0.717) is 25.3 Å². The lowest BCUT2D eigenvalue weighted by atomic mass is 9.95. The lowest BCUT2D eigenvalue weighted by molar-refractivity contribution is 0.0949. The van der Waals surface area contributed by atoms with E-state index in [1.165, 1.54) is 5.56 Å². The van der Waals surface area contributed by atoms with Crippen LogP contribution in [-0.2, 0) is 5.41 Å². The normalized spacial score (nSPS) is 17.4. The molecule has 1 aliphatic heterocycles. The second-order valence-electron chi connectivity index (χ2n) is 6.19. The Bertz CT molecular complexity index is 723. The van der Waals surface area contributed by atoms with Gasteiger partial charge in [0.2, 0.25) is 0 Å². The number of hydrogen-bond donors (Lipinski definition) is 1. The molecule has 0 saturated heterocycles. The van der Waals surface area contributed by atoms with Crippen LogP contribution in [-0.4, -0.2) is 25.7 Å². The molecule has 1 amide bonds. The Morgan fingerprint density at radius 1 is 1.00 bits per heavy atom. The predicted octanol–water partition coefficient (Wildman–Crippen LogP) is 2.92. The summed E-state index contributed by atoms with van der Waals surface area (Å²) in [6.45, 7) is 1.85. The zero-order chi connectivity index (χ0) is 15.7. The van der Waals surface area contributed by atoms with Crippen LogP contribution in [0, 0.1) is 0 Å². The maximum Gasteiger partial charge on any atom is 0.251 e. The number of rotatable bonds is 4. The van der Waals surface area contributed by atoms with Gasteiger partial charge < -0.3 is 14.8 Å². The molecule has 0 radical (unpaired) electrons. The molecule has 1 heterocycles. The number of nitrogens with one attached hydrogen (secondary N) is 1. The average molecular weight is 309 g/mol. The largest absolute Gasteiger partial charge is 0.486 e. The Hall–Kier alpha value is -2.49. The van der Waals surface area contributed by atoms with E-state index in [-0.39, 0.29) is 11.3 Å². The highest BCUT2D eigenvalue weighted by atomic mass is 16.6. The Morgan fingerprint density at radius 2 is 1.74 bits per heavy atom. The summed E-state index contributed by atoms with van der Waals surface area (Å²) in [6.07, 6.45) is 2.17. The van der Waals surface area contributed by atoms with Gasteiger partial charge in [-0.2, -0.15) is 0 Å². The summed E-state index contributed by atoms with van der Waals surface area (Å²) in [5.74, 6) is 1.60. The first-order chi connectivity index (χ1) is 11.3. The van der Waals surface area contributed by atoms with Gasteiger partial charge in [-0.1, -0.05) is 24.3 Å². The van der Waals surface area contributed by atoms with Crippen LogP contribution in [0.4, 0.5) is 0 Å². The molecule has 1 N–H and O–H groups in total. The molecular weight excluding hydrogens is 290 g/mol. The van der Waals surface area contributed by atoms with Crippen LogP contribution in [0.25, 0.3) is 0 Å². The van der Waals surface area contributed by atoms with Crippen molar-refractivity contribution in [2.24, 2.45) is 0 Å². The van der Waals surface area contributed by atoms with Gasteiger partial charge in [0.1, 0.15) is 13.2 Å². The van der Waals surface area contributed by atoms with Gasteiger partial charge in [0, 0.05) is 17.5 Å². The van der Waals surface area contributed by atoms with Gasteiger partial charge in [0.25, 0.3) is 5.91 Å². The molecule has 23 heavy (non-hydrogen) atoms. The molecule has 1 aliphatic carbocycles. The Labute approximate surface area is 135 Å². The van der Waals surface area contributed by atoms with Gasteiger partial charge in [0.05, 0.1) is 0 Å². The Kier molecular flexibility index (Phi) is 3.45. The predicted molar refractivity (Wildman–Crippen MR) is 87.1 cm³/mol. The summed E-state index contributed by atoms with van der Waals surface area (Å²) in [7, 11) is 0. The number of benzene rings is 2. The minimum absolute atomic E-state index is 0.0191. The lowest BCUT2D eigenvalue weighted by Crippen LogP contribution is -2.32. The Balaban J connectivity index is 1.47. The maximum atomic E-state index is 12.2. The number of carbonyl (C=O) groups excluding carboxylic acids is 1. The van der Waals surface area contributed by atoms with Crippen LogP contribution in [0.2, 0.25) is 0 Å². The molecule has 4 rings (SSSR count). The van der Waals surface area contributed by atoms with Crippen molar-refractivity contribution >= 4 is 5.91 Å². The molecular formula is C19H19NO3. The summed E-state index contributed by atoms with van der Waals surface area (Å²) in [5, 5.41) is 3.07. The summed E-state index contributed by atoms with van der Waals surface area (Å²) in [5.41, 5.74) is 1.96. The van der Waals surface area contributed by atoms with Crippen LogP contribution in [0.15, 0.2) is 48.5 Å². The summed E-state index contributed by atoms with van der Waals surface area (Å²) < 4.78 is 11.2. The molecule has 2 aliphatic rings. The van der Waals surface area contributed by atoms with Crippen LogP contribution in [0.5, 0.6) is 11.5 Å². The highest BCUT2D eigenvalue weighted by Gasteiger charge is 2.44. The first kappa shape index (κ1) is 14.1. The molecule has 1 saturated carbocycles. The lowest BCUT2D eigenvalue weighted by Gasteiger charge is -2.22. The standard InChI is InChI=1S/C19H19NO3/c21-18(14-4-2-1-3-5-14)20-13-19(8-9-19)15-6-7-16-17(12-15)23-11-10-22-16/h1-7,12H,8-11,13H2,(H,20,21).